The van der Waals surface area contributed by atoms with Crippen molar-refractivity contribution in [2.24, 2.45) is 5.92 Å². The fourth-order valence-corrected chi connectivity index (χ4v) is 1.55. The van der Waals surface area contributed by atoms with Crippen molar-refractivity contribution in [3.63, 3.8) is 0 Å². The second-order valence-electron chi connectivity index (χ2n) is 5.57. The van der Waals surface area contributed by atoms with Crippen LogP contribution in [0.4, 0.5) is 4.39 Å². The molecule has 1 aromatic rings. The minimum Gasteiger partial charge on any atom is -0.304 e. The molecular weight excluding hydrogens is 275 g/mol. The maximum atomic E-state index is 12.8. The van der Waals surface area contributed by atoms with E-state index in [9.17, 15) is 4.39 Å². The molecule has 1 nitrogen and oxygen atoms in total. The number of hydrogen-bond donors (Lipinski definition) is 0. The summed E-state index contributed by atoms with van der Waals surface area (Å²) in [6, 6.07) is 5.19. The van der Waals surface area contributed by atoms with Crippen LogP contribution >= 0.6 is 0 Å². The Balaban J connectivity index is -0.000000258. The smallest absolute Gasteiger partial charge is 0.126 e. The summed E-state index contributed by atoms with van der Waals surface area (Å²) in [5, 5.41) is 0. The Labute approximate surface area is 138 Å². The fourth-order valence-electron chi connectivity index (χ4n) is 1.55. The summed E-state index contributed by atoms with van der Waals surface area (Å²) >= 11 is 0. The Morgan fingerprint density at radius 3 is 1.82 bits per heavy atom. The maximum Gasteiger partial charge on any atom is 0.126 e. The second kappa shape index (κ2) is 19.8. The molecule has 0 aliphatic heterocycles. The van der Waals surface area contributed by atoms with E-state index in [1.54, 1.807) is 6.07 Å². The monoisotopic (exact) mass is 312 g/mol. The summed E-state index contributed by atoms with van der Waals surface area (Å²) in [5.41, 5.74) is 1.93. The van der Waals surface area contributed by atoms with Crippen molar-refractivity contribution >= 4 is 6.29 Å². The molecular formula is C20H37FO. The third kappa shape index (κ3) is 21.1. The molecule has 0 aliphatic carbocycles. The Morgan fingerprint density at radius 2 is 1.59 bits per heavy atom. The zero-order valence-electron chi connectivity index (χ0n) is 16.0. The number of aryl methyl sites for hydroxylation is 2. The predicted molar refractivity (Wildman–Crippen MR) is 98.0 cm³/mol. The number of carbonyl (C=O) groups excluding carboxylic acids is 1. The molecule has 0 saturated heterocycles. The van der Waals surface area contributed by atoms with Gasteiger partial charge in [-0.1, -0.05) is 78.5 Å². The van der Waals surface area contributed by atoms with Gasteiger partial charge in [-0.25, -0.2) is 4.39 Å². The topological polar surface area (TPSA) is 17.1 Å². The standard InChI is InChI=1S/C9H11F.C6H14.C3H8.C2H4O/c1-3-8-6-7(2)4-5-9(8)10;1-4-5-6(2)3;1-3-2;1-2-3/h4-6H,3H2,1-2H3;6H,4-5H2,1-3H3;3H2,1-2H3;2H,1H3. The molecule has 2 heteroatoms. The van der Waals surface area contributed by atoms with Crippen LogP contribution in [0.5, 0.6) is 0 Å². The number of hydrogen-bond acceptors (Lipinski definition) is 1. The van der Waals surface area contributed by atoms with E-state index in [1.807, 2.05) is 19.9 Å². The molecule has 0 aliphatic rings. The third-order valence-electron chi connectivity index (χ3n) is 2.45. The number of aldehydes is 1. The molecule has 0 bridgehead atoms. The van der Waals surface area contributed by atoms with Gasteiger partial charge in [-0.3, -0.25) is 0 Å². The van der Waals surface area contributed by atoms with Crippen molar-refractivity contribution in [2.75, 3.05) is 0 Å². The van der Waals surface area contributed by atoms with Crippen molar-refractivity contribution < 1.29 is 9.18 Å². The molecule has 22 heavy (non-hydrogen) atoms. The Bertz CT molecular complexity index is 346. The van der Waals surface area contributed by atoms with Crippen LogP contribution < -0.4 is 0 Å². The van der Waals surface area contributed by atoms with E-state index in [2.05, 4.69) is 34.6 Å². The van der Waals surface area contributed by atoms with E-state index in [0.29, 0.717) is 0 Å². The summed E-state index contributed by atoms with van der Waals surface area (Å²) in [5.74, 6) is 0.808. The molecule has 1 rings (SSSR count). The first-order valence-electron chi connectivity index (χ1n) is 8.48. The van der Waals surface area contributed by atoms with Gasteiger partial charge in [0.2, 0.25) is 0 Å². The second-order valence-corrected chi connectivity index (χ2v) is 5.57. The lowest BCUT2D eigenvalue weighted by molar-refractivity contribution is -0.106. The Morgan fingerprint density at radius 1 is 1.14 bits per heavy atom. The zero-order chi connectivity index (χ0) is 18.0. The van der Waals surface area contributed by atoms with Gasteiger partial charge in [0.1, 0.15) is 12.1 Å². The highest BCUT2D eigenvalue weighted by Gasteiger charge is 1.97. The molecule has 0 unspecified atom stereocenters. The molecule has 0 fully saturated rings. The molecule has 0 amide bonds. The first kappa shape index (κ1) is 25.8. The van der Waals surface area contributed by atoms with Gasteiger partial charge < -0.3 is 4.79 Å². The van der Waals surface area contributed by atoms with Crippen molar-refractivity contribution in [1.82, 2.24) is 0 Å². The highest BCUT2D eigenvalue weighted by Crippen LogP contribution is 2.09. The summed E-state index contributed by atoms with van der Waals surface area (Å²) in [6.07, 6.45) is 5.48. The lowest BCUT2D eigenvalue weighted by atomic mass is 10.1. The van der Waals surface area contributed by atoms with Crippen molar-refractivity contribution in [1.29, 1.82) is 0 Å². The molecule has 0 radical (unpaired) electrons. The van der Waals surface area contributed by atoms with Crippen LogP contribution in [0.15, 0.2) is 18.2 Å². The van der Waals surface area contributed by atoms with Gasteiger partial charge in [0.05, 0.1) is 0 Å². The predicted octanol–water partition coefficient (Wildman–Crippen LogP) is 6.76. The summed E-state index contributed by atoms with van der Waals surface area (Å²) in [7, 11) is 0. The highest BCUT2D eigenvalue weighted by molar-refractivity contribution is 5.44. The van der Waals surface area contributed by atoms with Crippen molar-refractivity contribution in [3.8, 4) is 0 Å². The highest BCUT2D eigenvalue weighted by atomic mass is 19.1. The number of halogens is 1. The summed E-state index contributed by atoms with van der Waals surface area (Å²) < 4.78 is 12.8. The van der Waals surface area contributed by atoms with Gasteiger partial charge >= 0.3 is 0 Å². The van der Waals surface area contributed by atoms with Crippen molar-refractivity contribution in [3.05, 3.63) is 35.1 Å². The van der Waals surface area contributed by atoms with E-state index in [4.69, 9.17) is 4.79 Å². The Kier molecular flexibility index (Phi) is 23.2. The van der Waals surface area contributed by atoms with Crippen LogP contribution in [0.3, 0.4) is 0 Å². The average molecular weight is 313 g/mol. The molecule has 0 saturated carbocycles. The van der Waals surface area contributed by atoms with Gasteiger partial charge in [0.25, 0.3) is 0 Å². The number of benzene rings is 1. The van der Waals surface area contributed by atoms with E-state index in [1.165, 1.54) is 32.3 Å². The lowest BCUT2D eigenvalue weighted by Crippen LogP contribution is -1.87. The molecule has 0 heterocycles. The number of rotatable bonds is 3. The zero-order valence-corrected chi connectivity index (χ0v) is 16.0. The van der Waals surface area contributed by atoms with Gasteiger partial charge in [-0.15, -0.1) is 0 Å². The van der Waals surface area contributed by atoms with E-state index < -0.39 is 0 Å². The largest absolute Gasteiger partial charge is 0.304 e. The minimum absolute atomic E-state index is 0.0897. The molecule has 130 valence electrons. The van der Waals surface area contributed by atoms with Crippen LogP contribution in [-0.4, -0.2) is 6.29 Å². The van der Waals surface area contributed by atoms with Crippen LogP contribution in [-0.2, 0) is 11.2 Å². The van der Waals surface area contributed by atoms with Crippen LogP contribution in [0, 0.1) is 18.7 Å². The maximum absolute atomic E-state index is 12.8. The average Bonchev–Trinajstić information content (AvgIpc) is 2.44. The first-order valence-corrected chi connectivity index (χ1v) is 8.48. The Hall–Kier alpha value is -1.18. The molecule has 0 aromatic heterocycles. The number of carbonyl (C=O) groups is 1. The van der Waals surface area contributed by atoms with E-state index in [-0.39, 0.29) is 5.82 Å². The molecule has 1 aromatic carbocycles. The normalized spacial score (nSPS) is 8.64. The van der Waals surface area contributed by atoms with Gasteiger partial charge in [-0.05, 0) is 37.8 Å². The molecule has 0 spiro atoms. The summed E-state index contributed by atoms with van der Waals surface area (Å²) in [4.78, 5) is 8.81. The van der Waals surface area contributed by atoms with Gasteiger partial charge in [-0.2, -0.15) is 0 Å². The van der Waals surface area contributed by atoms with E-state index >= 15 is 0 Å². The lowest BCUT2D eigenvalue weighted by Gasteiger charge is -1.99. The van der Waals surface area contributed by atoms with Crippen molar-refractivity contribution in [2.45, 2.75) is 81.1 Å². The van der Waals surface area contributed by atoms with E-state index in [0.717, 1.165) is 29.8 Å². The SMILES string of the molecule is CC=O.CCC.CCCC(C)C.CCc1cc(C)ccc1F. The van der Waals surface area contributed by atoms with Crippen LogP contribution in [0.1, 0.15) is 78.9 Å². The fraction of sp³-hybridized carbons (Fsp3) is 0.650. The quantitative estimate of drug-likeness (QED) is 0.563. The van der Waals surface area contributed by atoms with Gasteiger partial charge in [0.15, 0.2) is 0 Å². The van der Waals surface area contributed by atoms with Crippen LogP contribution in [0.25, 0.3) is 0 Å². The minimum atomic E-state index is -0.0897. The van der Waals surface area contributed by atoms with Crippen LogP contribution in [0.2, 0.25) is 0 Å². The summed E-state index contributed by atoms with van der Waals surface area (Å²) in [6.45, 7) is 16.4. The molecule has 0 N–H and O–H groups in total. The third-order valence-corrected chi connectivity index (χ3v) is 2.45. The first-order chi connectivity index (χ1) is 10.3. The molecule has 0 atom stereocenters. The van der Waals surface area contributed by atoms with Gasteiger partial charge in [0, 0.05) is 0 Å².